The van der Waals surface area contributed by atoms with Crippen LogP contribution in [0.5, 0.6) is 0 Å². The molecule has 0 aromatic rings. The van der Waals surface area contributed by atoms with E-state index in [1.54, 1.807) is 0 Å². The van der Waals surface area contributed by atoms with Crippen LogP contribution in [0.1, 0.15) is 6.42 Å². The summed E-state index contributed by atoms with van der Waals surface area (Å²) in [7, 11) is 0. The fourth-order valence-corrected chi connectivity index (χ4v) is 1.44. The number of carbonyl (C=O) groups is 1. The van der Waals surface area contributed by atoms with Crippen LogP contribution in [0.2, 0.25) is 0 Å². The van der Waals surface area contributed by atoms with E-state index in [0.717, 1.165) is 0 Å². The van der Waals surface area contributed by atoms with Gasteiger partial charge < -0.3 is 4.74 Å². The SMILES string of the molecule is O=C1C[C@@H]2O[C@H]1[C@@H](F)[C@H]2F. The third-order valence-corrected chi connectivity index (χ3v) is 1.99. The summed E-state index contributed by atoms with van der Waals surface area (Å²) in [5.74, 6) is -0.300. The van der Waals surface area contributed by atoms with Crippen LogP contribution in [0.3, 0.4) is 0 Å². The molecule has 0 radical (unpaired) electrons. The normalized spacial score (nSPS) is 52.4. The summed E-state index contributed by atoms with van der Waals surface area (Å²) in [5, 5.41) is 0. The molecule has 2 aliphatic rings. The first-order valence-corrected chi connectivity index (χ1v) is 3.16. The van der Waals surface area contributed by atoms with Gasteiger partial charge in [-0.3, -0.25) is 4.79 Å². The Kier molecular flexibility index (Phi) is 1.09. The molecule has 0 amide bonds. The van der Waals surface area contributed by atoms with E-state index in [1.165, 1.54) is 0 Å². The summed E-state index contributed by atoms with van der Waals surface area (Å²) in [5.41, 5.74) is 0. The van der Waals surface area contributed by atoms with Gasteiger partial charge in [0.15, 0.2) is 24.2 Å². The number of ether oxygens (including phenoxy) is 1. The van der Waals surface area contributed by atoms with Gasteiger partial charge in [-0.2, -0.15) is 0 Å². The van der Waals surface area contributed by atoms with Crippen LogP contribution in [0.4, 0.5) is 8.78 Å². The maximum absolute atomic E-state index is 12.5. The minimum Gasteiger partial charge on any atom is -0.360 e. The molecule has 10 heavy (non-hydrogen) atoms. The lowest BCUT2D eigenvalue weighted by Gasteiger charge is -2.12. The van der Waals surface area contributed by atoms with Gasteiger partial charge in [-0.25, -0.2) is 8.78 Å². The molecule has 0 spiro atoms. The number of alkyl halides is 2. The number of ketones is 1. The van der Waals surface area contributed by atoms with E-state index < -0.39 is 24.6 Å². The monoisotopic (exact) mass is 148 g/mol. The Morgan fingerprint density at radius 2 is 2.10 bits per heavy atom. The molecular weight excluding hydrogens is 142 g/mol. The van der Waals surface area contributed by atoms with Gasteiger partial charge in [-0.1, -0.05) is 0 Å². The van der Waals surface area contributed by atoms with Crippen LogP contribution in [0.15, 0.2) is 0 Å². The number of fused-ring (bicyclic) bond motifs is 2. The lowest BCUT2D eigenvalue weighted by Crippen LogP contribution is -2.36. The summed E-state index contributed by atoms with van der Waals surface area (Å²) < 4.78 is 29.8. The predicted octanol–water partition coefficient (Wildman–Crippen LogP) is 0.403. The second-order valence-corrected chi connectivity index (χ2v) is 2.65. The summed E-state index contributed by atoms with van der Waals surface area (Å²) >= 11 is 0. The quantitative estimate of drug-likeness (QED) is 0.497. The van der Waals surface area contributed by atoms with E-state index in [4.69, 9.17) is 4.74 Å². The third-order valence-electron chi connectivity index (χ3n) is 1.99. The molecule has 56 valence electrons. The van der Waals surface area contributed by atoms with Gasteiger partial charge in [0.05, 0.1) is 6.10 Å². The minimum absolute atomic E-state index is 0.0479. The molecule has 4 atom stereocenters. The Morgan fingerprint density at radius 3 is 2.50 bits per heavy atom. The summed E-state index contributed by atoms with van der Waals surface area (Å²) in [6.45, 7) is 0. The molecule has 0 unspecified atom stereocenters. The minimum atomic E-state index is -1.72. The van der Waals surface area contributed by atoms with Crippen molar-refractivity contribution < 1.29 is 18.3 Å². The Balaban J connectivity index is 2.24. The van der Waals surface area contributed by atoms with Crippen molar-refractivity contribution in [2.75, 3.05) is 0 Å². The van der Waals surface area contributed by atoms with E-state index in [9.17, 15) is 13.6 Å². The van der Waals surface area contributed by atoms with E-state index in [1.807, 2.05) is 0 Å². The summed E-state index contributed by atoms with van der Waals surface area (Å²) in [4.78, 5) is 10.7. The van der Waals surface area contributed by atoms with Crippen LogP contribution in [-0.2, 0) is 9.53 Å². The number of rotatable bonds is 0. The molecule has 0 aliphatic carbocycles. The van der Waals surface area contributed by atoms with Gasteiger partial charge in [0.1, 0.15) is 0 Å². The number of Topliss-reactive ketones (excluding diaryl/α,β-unsaturated/α-hetero) is 1. The Hall–Kier alpha value is -0.510. The molecular formula is C6H6F2O2. The van der Waals surface area contributed by atoms with Crippen LogP contribution >= 0.6 is 0 Å². The van der Waals surface area contributed by atoms with E-state index in [0.29, 0.717) is 0 Å². The molecule has 2 rings (SSSR count). The number of hydrogen-bond donors (Lipinski definition) is 0. The molecule has 2 fully saturated rings. The molecule has 2 saturated heterocycles. The largest absolute Gasteiger partial charge is 0.360 e. The van der Waals surface area contributed by atoms with Crippen LogP contribution in [0, 0.1) is 0 Å². The Labute approximate surface area is 56.2 Å². The fourth-order valence-electron chi connectivity index (χ4n) is 1.44. The summed E-state index contributed by atoms with van der Waals surface area (Å²) in [6, 6.07) is 0. The van der Waals surface area contributed by atoms with Gasteiger partial charge in [-0.15, -0.1) is 0 Å². The van der Waals surface area contributed by atoms with Crippen LogP contribution in [0.25, 0.3) is 0 Å². The average Bonchev–Trinajstić information content (AvgIpc) is 2.36. The molecule has 2 aliphatic heterocycles. The topological polar surface area (TPSA) is 26.3 Å². The lowest BCUT2D eigenvalue weighted by atomic mass is 9.96. The Morgan fingerprint density at radius 1 is 1.40 bits per heavy atom. The van der Waals surface area contributed by atoms with Crippen molar-refractivity contribution in [3.8, 4) is 0 Å². The van der Waals surface area contributed by atoms with Gasteiger partial charge in [0.25, 0.3) is 0 Å². The van der Waals surface area contributed by atoms with Crippen LogP contribution < -0.4 is 0 Å². The third kappa shape index (κ3) is 0.572. The number of hydrogen-bond acceptors (Lipinski definition) is 2. The second kappa shape index (κ2) is 1.75. The van der Waals surface area contributed by atoms with Crippen molar-refractivity contribution in [2.45, 2.75) is 31.0 Å². The standard InChI is InChI=1S/C6H6F2O2/c7-4-3-1-2(9)6(10-3)5(4)8/h3-6H,1H2/t3-,4-,5-,6+/m0/s1. The van der Waals surface area contributed by atoms with Gasteiger partial charge in [-0.05, 0) is 0 Å². The Bertz CT molecular complexity index is 181. The maximum Gasteiger partial charge on any atom is 0.167 e. The summed E-state index contributed by atoms with van der Waals surface area (Å²) in [6.07, 6.45) is -5.15. The average molecular weight is 148 g/mol. The highest BCUT2D eigenvalue weighted by Crippen LogP contribution is 2.35. The van der Waals surface area contributed by atoms with Gasteiger partial charge in [0, 0.05) is 6.42 Å². The highest BCUT2D eigenvalue weighted by atomic mass is 19.2. The van der Waals surface area contributed by atoms with E-state index in [-0.39, 0.29) is 12.2 Å². The number of carbonyl (C=O) groups excluding carboxylic acids is 1. The molecule has 0 saturated carbocycles. The first kappa shape index (κ1) is 6.22. The maximum atomic E-state index is 12.5. The highest BCUT2D eigenvalue weighted by molar-refractivity contribution is 5.87. The molecule has 2 heterocycles. The smallest absolute Gasteiger partial charge is 0.167 e. The molecule has 2 bridgehead atoms. The zero-order valence-corrected chi connectivity index (χ0v) is 5.09. The number of halogens is 2. The van der Waals surface area contributed by atoms with Crippen LogP contribution in [-0.4, -0.2) is 30.3 Å². The van der Waals surface area contributed by atoms with Crippen molar-refractivity contribution in [1.29, 1.82) is 0 Å². The van der Waals surface area contributed by atoms with Crippen molar-refractivity contribution >= 4 is 5.78 Å². The molecule has 0 N–H and O–H groups in total. The van der Waals surface area contributed by atoms with E-state index >= 15 is 0 Å². The first-order valence-electron chi connectivity index (χ1n) is 3.16. The zero-order chi connectivity index (χ0) is 7.30. The van der Waals surface area contributed by atoms with Crippen molar-refractivity contribution in [3.05, 3.63) is 0 Å². The first-order chi connectivity index (χ1) is 4.70. The van der Waals surface area contributed by atoms with Gasteiger partial charge >= 0.3 is 0 Å². The van der Waals surface area contributed by atoms with Gasteiger partial charge in [0.2, 0.25) is 0 Å². The highest BCUT2D eigenvalue weighted by Gasteiger charge is 2.55. The molecule has 0 aromatic carbocycles. The second-order valence-electron chi connectivity index (χ2n) is 2.65. The molecule has 0 aromatic heterocycles. The molecule has 2 nitrogen and oxygen atoms in total. The van der Waals surface area contributed by atoms with E-state index in [2.05, 4.69) is 0 Å². The van der Waals surface area contributed by atoms with Crippen molar-refractivity contribution in [2.24, 2.45) is 0 Å². The van der Waals surface area contributed by atoms with Crippen molar-refractivity contribution in [3.63, 3.8) is 0 Å². The van der Waals surface area contributed by atoms with Crippen molar-refractivity contribution in [1.82, 2.24) is 0 Å². The fraction of sp³-hybridized carbons (Fsp3) is 0.833. The zero-order valence-electron chi connectivity index (χ0n) is 5.09. The molecule has 4 heteroatoms. The lowest BCUT2D eigenvalue weighted by molar-refractivity contribution is -0.124. The predicted molar refractivity (Wildman–Crippen MR) is 28.1 cm³/mol.